The number of benzene rings is 1. The molecular formula is C16H14N4O2. The molecule has 0 spiro atoms. The highest BCUT2D eigenvalue weighted by molar-refractivity contribution is 6.03. The monoisotopic (exact) mass is 294 g/mol. The molecule has 4 rings (SSSR count). The van der Waals surface area contributed by atoms with Gasteiger partial charge in [-0.1, -0.05) is 35.2 Å². The molecule has 0 saturated heterocycles. The predicted octanol–water partition coefficient (Wildman–Crippen LogP) is 2.06. The van der Waals surface area contributed by atoms with Crippen LogP contribution in [0.4, 0.5) is 0 Å². The normalized spacial score (nSPS) is 16.2. The zero-order chi connectivity index (χ0) is 15.0. The third-order valence-electron chi connectivity index (χ3n) is 4.07. The Morgan fingerprint density at radius 3 is 2.68 bits per heavy atom. The number of carbonyl (C=O) groups is 1. The summed E-state index contributed by atoms with van der Waals surface area (Å²) < 4.78 is 0. The van der Waals surface area contributed by atoms with Crippen molar-refractivity contribution >= 4 is 16.9 Å². The van der Waals surface area contributed by atoms with Gasteiger partial charge in [0.05, 0.1) is 0 Å². The van der Waals surface area contributed by atoms with Gasteiger partial charge in [-0.3, -0.25) is 4.79 Å². The van der Waals surface area contributed by atoms with Crippen LogP contribution in [0, 0.1) is 0 Å². The van der Waals surface area contributed by atoms with Crippen LogP contribution in [0.5, 0.6) is 0 Å². The van der Waals surface area contributed by atoms with Crippen molar-refractivity contribution in [2.75, 3.05) is 0 Å². The fraction of sp³-hybridized carbons (Fsp3) is 0.250. The second-order valence-corrected chi connectivity index (χ2v) is 5.44. The molecule has 0 unspecified atom stereocenters. The number of fused-ring (bicyclic) bond motifs is 1. The van der Waals surface area contributed by atoms with Crippen molar-refractivity contribution in [2.24, 2.45) is 0 Å². The first-order valence-electron chi connectivity index (χ1n) is 7.24. The highest BCUT2D eigenvalue weighted by Gasteiger charge is 2.48. The van der Waals surface area contributed by atoms with E-state index in [1.807, 2.05) is 36.4 Å². The second kappa shape index (κ2) is 4.91. The summed E-state index contributed by atoms with van der Waals surface area (Å²) in [6, 6.07) is 12.8. The zero-order valence-corrected chi connectivity index (χ0v) is 11.8. The third-order valence-corrected chi connectivity index (χ3v) is 4.07. The minimum absolute atomic E-state index is 0.00751. The van der Waals surface area contributed by atoms with Crippen LogP contribution in [-0.2, 0) is 0 Å². The smallest absolute Gasteiger partial charge is 0.209 e. The molecule has 1 aliphatic rings. The minimum Gasteiger partial charge on any atom is -0.380 e. The molecule has 1 aliphatic carbocycles. The Hall–Kier alpha value is -2.76. The summed E-state index contributed by atoms with van der Waals surface area (Å²) in [5.41, 5.74) is 0.973. The molecule has 0 radical (unpaired) electrons. The van der Waals surface area contributed by atoms with Crippen LogP contribution in [0.3, 0.4) is 0 Å². The molecule has 0 atom stereocenters. The number of rotatable bonds is 4. The van der Waals surface area contributed by atoms with Gasteiger partial charge < -0.3 is 4.84 Å². The summed E-state index contributed by atoms with van der Waals surface area (Å²) in [6.07, 6.45) is 3.98. The van der Waals surface area contributed by atoms with Crippen LogP contribution in [0.2, 0.25) is 0 Å². The van der Waals surface area contributed by atoms with Crippen molar-refractivity contribution in [1.82, 2.24) is 20.1 Å². The lowest BCUT2D eigenvalue weighted by molar-refractivity contribution is -0.0865. The Balaban J connectivity index is 1.69. The summed E-state index contributed by atoms with van der Waals surface area (Å²) in [6.45, 7) is 0. The number of ketones is 1. The molecule has 110 valence electrons. The summed E-state index contributed by atoms with van der Waals surface area (Å²) in [5, 5.41) is 7.93. The molecule has 0 bridgehead atoms. The zero-order valence-electron chi connectivity index (χ0n) is 11.8. The van der Waals surface area contributed by atoms with Crippen LogP contribution in [-0.4, -0.2) is 31.5 Å². The number of Topliss-reactive ketones (excluding diaryl/α,β-unsaturated/α-hetero) is 1. The average molecular weight is 294 g/mol. The van der Waals surface area contributed by atoms with Crippen molar-refractivity contribution in [3.63, 3.8) is 0 Å². The standard InChI is InChI=1S/C16H14N4O2/c21-14(12-6-2-1-3-7-12)16(9-5-10-16)22-20-13-8-4-11-17-15(13)18-19-20/h1-4,6-8,11H,5,9-10H2. The van der Waals surface area contributed by atoms with E-state index in [-0.39, 0.29) is 5.78 Å². The third kappa shape index (κ3) is 1.95. The predicted molar refractivity (Wildman–Crippen MR) is 79.3 cm³/mol. The molecule has 1 aromatic carbocycles. The Morgan fingerprint density at radius 2 is 1.95 bits per heavy atom. The SMILES string of the molecule is O=C(c1ccccc1)C1(On2nnc3ncccc32)CCC1. The van der Waals surface area contributed by atoms with Crippen LogP contribution in [0.1, 0.15) is 29.6 Å². The van der Waals surface area contributed by atoms with E-state index < -0.39 is 5.60 Å². The van der Waals surface area contributed by atoms with Crippen LogP contribution in [0.15, 0.2) is 48.7 Å². The molecule has 6 nitrogen and oxygen atoms in total. The maximum Gasteiger partial charge on any atom is 0.209 e. The number of aromatic nitrogens is 4. The first kappa shape index (κ1) is 12.9. The lowest BCUT2D eigenvalue weighted by Crippen LogP contribution is -2.54. The molecule has 2 heterocycles. The quantitative estimate of drug-likeness (QED) is 0.689. The van der Waals surface area contributed by atoms with E-state index in [4.69, 9.17) is 4.84 Å². The molecule has 0 aliphatic heterocycles. The van der Waals surface area contributed by atoms with Crippen molar-refractivity contribution in [3.05, 3.63) is 54.2 Å². The van der Waals surface area contributed by atoms with E-state index >= 15 is 0 Å². The Morgan fingerprint density at radius 1 is 1.14 bits per heavy atom. The first-order valence-corrected chi connectivity index (χ1v) is 7.24. The largest absolute Gasteiger partial charge is 0.380 e. The highest BCUT2D eigenvalue weighted by Crippen LogP contribution is 2.36. The van der Waals surface area contributed by atoms with Crippen molar-refractivity contribution < 1.29 is 9.63 Å². The average Bonchev–Trinajstić information content (AvgIpc) is 2.94. The van der Waals surface area contributed by atoms with Gasteiger partial charge in [-0.25, -0.2) is 4.98 Å². The maximum atomic E-state index is 12.8. The van der Waals surface area contributed by atoms with E-state index in [1.165, 1.54) is 4.85 Å². The molecule has 1 fully saturated rings. The first-order chi connectivity index (χ1) is 10.8. The van der Waals surface area contributed by atoms with Gasteiger partial charge in [-0.2, -0.15) is 0 Å². The summed E-state index contributed by atoms with van der Waals surface area (Å²) in [7, 11) is 0. The fourth-order valence-electron chi connectivity index (χ4n) is 2.69. The van der Waals surface area contributed by atoms with Crippen molar-refractivity contribution in [3.8, 4) is 0 Å². The highest BCUT2D eigenvalue weighted by atomic mass is 16.7. The van der Waals surface area contributed by atoms with Gasteiger partial charge >= 0.3 is 0 Å². The summed E-state index contributed by atoms with van der Waals surface area (Å²) >= 11 is 0. The molecule has 1 saturated carbocycles. The van der Waals surface area contributed by atoms with E-state index in [1.54, 1.807) is 12.3 Å². The number of pyridine rings is 1. The molecule has 6 heteroatoms. The van der Waals surface area contributed by atoms with Gasteiger partial charge in [0.2, 0.25) is 11.4 Å². The van der Waals surface area contributed by atoms with Crippen molar-refractivity contribution in [2.45, 2.75) is 24.9 Å². The lowest BCUT2D eigenvalue weighted by Gasteiger charge is -2.38. The number of carbonyl (C=O) groups excluding carboxylic acids is 1. The van der Waals surface area contributed by atoms with Crippen LogP contribution in [0.25, 0.3) is 11.2 Å². The van der Waals surface area contributed by atoms with Gasteiger partial charge in [-0.05, 0) is 36.6 Å². The summed E-state index contributed by atoms with van der Waals surface area (Å²) in [5.74, 6) is -0.00751. The maximum absolute atomic E-state index is 12.8. The molecule has 2 aromatic heterocycles. The van der Waals surface area contributed by atoms with Gasteiger partial charge in [-0.15, -0.1) is 5.10 Å². The number of nitrogens with zero attached hydrogens (tertiary/aromatic N) is 4. The molecule has 22 heavy (non-hydrogen) atoms. The van der Waals surface area contributed by atoms with Crippen LogP contribution >= 0.6 is 0 Å². The Bertz CT molecular complexity index is 824. The van der Waals surface area contributed by atoms with E-state index in [0.717, 1.165) is 6.42 Å². The molecule has 3 aromatic rings. The lowest BCUT2D eigenvalue weighted by atomic mass is 9.75. The number of hydrogen-bond donors (Lipinski definition) is 0. The molecular weight excluding hydrogens is 280 g/mol. The summed E-state index contributed by atoms with van der Waals surface area (Å²) in [4.78, 5) is 24.2. The molecule has 0 N–H and O–H groups in total. The second-order valence-electron chi connectivity index (χ2n) is 5.44. The van der Waals surface area contributed by atoms with Crippen molar-refractivity contribution in [1.29, 1.82) is 0 Å². The van der Waals surface area contributed by atoms with E-state index in [2.05, 4.69) is 15.3 Å². The van der Waals surface area contributed by atoms with Crippen LogP contribution < -0.4 is 4.84 Å². The van der Waals surface area contributed by atoms with Gasteiger partial charge in [0, 0.05) is 11.8 Å². The Kier molecular flexibility index (Phi) is 2.89. The fourth-order valence-corrected chi connectivity index (χ4v) is 2.69. The molecule has 0 amide bonds. The number of hydrogen-bond acceptors (Lipinski definition) is 5. The van der Waals surface area contributed by atoms with Gasteiger partial charge in [0.15, 0.2) is 5.60 Å². The van der Waals surface area contributed by atoms with Gasteiger partial charge in [0.1, 0.15) is 5.52 Å². The topological polar surface area (TPSA) is 69.9 Å². The Labute approximate surface area is 126 Å². The van der Waals surface area contributed by atoms with E-state index in [0.29, 0.717) is 29.6 Å². The van der Waals surface area contributed by atoms with E-state index in [9.17, 15) is 4.79 Å². The minimum atomic E-state index is -0.849. The van der Waals surface area contributed by atoms with Gasteiger partial charge in [0.25, 0.3) is 0 Å².